The molecule has 0 aliphatic heterocycles. The van der Waals surface area contributed by atoms with E-state index in [0.717, 1.165) is 18.8 Å². The van der Waals surface area contributed by atoms with Crippen molar-refractivity contribution in [3.63, 3.8) is 0 Å². The van der Waals surface area contributed by atoms with Crippen molar-refractivity contribution in [1.29, 1.82) is 0 Å². The molecule has 0 saturated heterocycles. The van der Waals surface area contributed by atoms with Gasteiger partial charge in [0.15, 0.2) is 0 Å². The minimum atomic E-state index is -0.837. The van der Waals surface area contributed by atoms with Crippen molar-refractivity contribution in [3.8, 4) is 0 Å². The third kappa shape index (κ3) is 15.2. The monoisotopic (exact) mass is 254 g/mol. The lowest BCUT2D eigenvalue weighted by atomic mass is 10.0. The summed E-state index contributed by atoms with van der Waals surface area (Å²) < 4.78 is 0. The van der Waals surface area contributed by atoms with Gasteiger partial charge in [-0.05, 0) is 18.8 Å². The average Bonchev–Trinajstić information content (AvgIpc) is 2.29. The van der Waals surface area contributed by atoms with Crippen LogP contribution in [-0.4, -0.2) is 11.1 Å². The fourth-order valence-electron chi connectivity index (χ4n) is 2.06. The van der Waals surface area contributed by atoms with E-state index in [1.807, 2.05) is 0 Å². The second-order valence-electron chi connectivity index (χ2n) is 5.54. The third-order valence-corrected chi connectivity index (χ3v) is 3.16. The molecule has 0 aromatic carbocycles. The van der Waals surface area contributed by atoms with Crippen LogP contribution in [0.2, 0.25) is 0 Å². The van der Waals surface area contributed by atoms with Crippen LogP contribution in [0.25, 0.3) is 0 Å². The van der Waals surface area contributed by atoms with E-state index < -0.39 is 5.97 Å². The van der Waals surface area contributed by atoms with E-state index in [9.17, 15) is 4.79 Å². The zero-order valence-electron chi connectivity index (χ0n) is 12.2. The van der Waals surface area contributed by atoms with Crippen molar-refractivity contribution < 1.29 is 9.90 Å². The maximum absolute atomic E-state index is 10.2. The highest BCUT2D eigenvalue weighted by atomic mass is 16.4. The Morgan fingerprint density at radius 2 is 1.44 bits per heavy atom. The van der Waals surface area contributed by atoms with Gasteiger partial charge in [-0.1, -0.05) is 71.3 Å². The van der Waals surface area contributed by atoms with Crippen LogP contribution in [0.15, 0.2) is 12.2 Å². The number of carbonyl (C=O) groups is 1. The zero-order chi connectivity index (χ0) is 13.6. The lowest BCUT2D eigenvalue weighted by molar-refractivity contribution is -0.131. The molecule has 18 heavy (non-hydrogen) atoms. The predicted octanol–water partition coefficient (Wildman–Crippen LogP) is 5.18. The van der Waals surface area contributed by atoms with Gasteiger partial charge in [-0.2, -0.15) is 0 Å². The molecule has 2 nitrogen and oxygen atoms in total. The lowest BCUT2D eigenvalue weighted by Crippen LogP contribution is -1.87. The molecular weight excluding hydrogens is 224 g/mol. The second-order valence-corrected chi connectivity index (χ2v) is 5.54. The summed E-state index contributed by atoms with van der Waals surface area (Å²) in [7, 11) is 0. The number of unbranched alkanes of at least 4 members (excludes halogenated alkanes) is 8. The minimum absolute atomic E-state index is 0.837. The fourth-order valence-corrected chi connectivity index (χ4v) is 2.06. The summed E-state index contributed by atoms with van der Waals surface area (Å²) in [5, 5.41) is 8.40. The van der Waals surface area contributed by atoms with Crippen molar-refractivity contribution in [2.45, 2.75) is 78.1 Å². The van der Waals surface area contributed by atoms with Gasteiger partial charge in [0, 0.05) is 6.08 Å². The summed E-state index contributed by atoms with van der Waals surface area (Å²) in [6, 6.07) is 0. The van der Waals surface area contributed by atoms with E-state index in [2.05, 4.69) is 13.8 Å². The van der Waals surface area contributed by atoms with E-state index in [1.165, 1.54) is 57.4 Å². The Morgan fingerprint density at radius 3 is 1.94 bits per heavy atom. The predicted molar refractivity (Wildman–Crippen MR) is 77.8 cm³/mol. The van der Waals surface area contributed by atoms with E-state index in [1.54, 1.807) is 6.08 Å². The van der Waals surface area contributed by atoms with Gasteiger partial charge in [0.1, 0.15) is 0 Å². The summed E-state index contributed by atoms with van der Waals surface area (Å²) in [6.07, 6.45) is 15.8. The minimum Gasteiger partial charge on any atom is -0.478 e. The van der Waals surface area contributed by atoms with Crippen molar-refractivity contribution in [2.24, 2.45) is 5.92 Å². The smallest absolute Gasteiger partial charge is 0.327 e. The van der Waals surface area contributed by atoms with E-state index in [0.29, 0.717) is 0 Å². The topological polar surface area (TPSA) is 37.3 Å². The number of carboxylic acid groups (broad SMARTS) is 1. The van der Waals surface area contributed by atoms with Crippen LogP contribution in [0.5, 0.6) is 0 Å². The molecule has 0 aromatic rings. The number of hydrogen-bond acceptors (Lipinski definition) is 1. The standard InChI is InChI=1S/C16H30O2/c1-15(2)13-11-9-7-5-3-4-6-8-10-12-14-16(17)18/h12,14-15H,3-11,13H2,1-2H3,(H,17,18)/b14-12+. The molecule has 0 saturated carbocycles. The zero-order valence-corrected chi connectivity index (χ0v) is 12.2. The van der Waals surface area contributed by atoms with E-state index in [-0.39, 0.29) is 0 Å². The average molecular weight is 254 g/mol. The Hall–Kier alpha value is -0.790. The SMILES string of the molecule is CC(C)CCCCCCCCCC/C=C/C(=O)O. The van der Waals surface area contributed by atoms with E-state index >= 15 is 0 Å². The number of rotatable bonds is 12. The van der Waals surface area contributed by atoms with Gasteiger partial charge in [-0.3, -0.25) is 0 Å². The molecule has 0 atom stereocenters. The summed E-state index contributed by atoms with van der Waals surface area (Å²) >= 11 is 0. The van der Waals surface area contributed by atoms with Crippen LogP contribution in [0.3, 0.4) is 0 Å². The molecule has 0 amide bonds. The van der Waals surface area contributed by atoms with Gasteiger partial charge in [0.2, 0.25) is 0 Å². The number of carboxylic acids is 1. The molecule has 0 bridgehead atoms. The third-order valence-electron chi connectivity index (χ3n) is 3.16. The van der Waals surface area contributed by atoms with Gasteiger partial charge in [-0.15, -0.1) is 0 Å². The first-order valence-electron chi connectivity index (χ1n) is 7.52. The van der Waals surface area contributed by atoms with Gasteiger partial charge < -0.3 is 5.11 Å². The fraction of sp³-hybridized carbons (Fsp3) is 0.812. The summed E-state index contributed by atoms with van der Waals surface area (Å²) in [6.45, 7) is 4.58. The highest BCUT2D eigenvalue weighted by molar-refractivity contribution is 5.79. The second kappa shape index (κ2) is 12.7. The molecule has 0 aliphatic rings. The maximum Gasteiger partial charge on any atom is 0.327 e. The normalized spacial score (nSPS) is 11.5. The highest BCUT2D eigenvalue weighted by Crippen LogP contribution is 2.13. The van der Waals surface area contributed by atoms with Crippen LogP contribution < -0.4 is 0 Å². The lowest BCUT2D eigenvalue weighted by Gasteiger charge is -2.04. The van der Waals surface area contributed by atoms with Gasteiger partial charge in [-0.25, -0.2) is 4.79 Å². The quantitative estimate of drug-likeness (QED) is 0.384. The number of allylic oxidation sites excluding steroid dienone is 1. The first-order valence-corrected chi connectivity index (χ1v) is 7.52. The van der Waals surface area contributed by atoms with Gasteiger partial charge in [0.25, 0.3) is 0 Å². The molecule has 0 aromatic heterocycles. The molecule has 0 radical (unpaired) electrons. The van der Waals surface area contributed by atoms with Crippen molar-refractivity contribution in [2.75, 3.05) is 0 Å². The molecular formula is C16H30O2. The van der Waals surface area contributed by atoms with E-state index in [4.69, 9.17) is 5.11 Å². The Labute approximate surface area is 112 Å². The molecule has 0 spiro atoms. The number of hydrogen-bond donors (Lipinski definition) is 1. The maximum atomic E-state index is 10.2. The van der Waals surface area contributed by atoms with Crippen LogP contribution in [-0.2, 0) is 4.79 Å². The molecule has 0 unspecified atom stereocenters. The van der Waals surface area contributed by atoms with Gasteiger partial charge in [0.05, 0.1) is 0 Å². The molecule has 0 heterocycles. The summed E-state index contributed by atoms with van der Waals surface area (Å²) in [5.41, 5.74) is 0. The van der Waals surface area contributed by atoms with Crippen LogP contribution in [0.1, 0.15) is 78.1 Å². The number of aliphatic carboxylic acids is 1. The Bertz CT molecular complexity index is 219. The summed E-state index contributed by atoms with van der Waals surface area (Å²) in [5.74, 6) is 0.0141. The highest BCUT2D eigenvalue weighted by Gasteiger charge is 1.95. The first kappa shape index (κ1) is 17.2. The van der Waals surface area contributed by atoms with Crippen LogP contribution in [0.4, 0.5) is 0 Å². The molecule has 1 N–H and O–H groups in total. The molecule has 106 valence electrons. The van der Waals surface area contributed by atoms with Crippen molar-refractivity contribution in [3.05, 3.63) is 12.2 Å². The van der Waals surface area contributed by atoms with Crippen LogP contribution >= 0.6 is 0 Å². The van der Waals surface area contributed by atoms with Crippen molar-refractivity contribution >= 4 is 5.97 Å². The Kier molecular flexibility index (Phi) is 12.1. The summed E-state index contributed by atoms with van der Waals surface area (Å²) in [4.78, 5) is 10.2. The van der Waals surface area contributed by atoms with Gasteiger partial charge >= 0.3 is 5.97 Å². The Morgan fingerprint density at radius 1 is 0.944 bits per heavy atom. The molecule has 0 fully saturated rings. The molecule has 2 heteroatoms. The van der Waals surface area contributed by atoms with Crippen LogP contribution in [0, 0.1) is 5.92 Å². The molecule has 0 rings (SSSR count). The first-order chi connectivity index (χ1) is 8.63. The largest absolute Gasteiger partial charge is 0.478 e. The molecule has 0 aliphatic carbocycles. The van der Waals surface area contributed by atoms with Crippen molar-refractivity contribution in [1.82, 2.24) is 0 Å². The Balaban J connectivity index is 3.05.